The lowest BCUT2D eigenvalue weighted by molar-refractivity contribution is -0.122. The number of nitrogens with one attached hydrogen (secondary N) is 1. The van der Waals surface area contributed by atoms with Crippen molar-refractivity contribution in [3.8, 4) is 5.75 Å². The molecule has 0 bridgehead atoms. The van der Waals surface area contributed by atoms with Gasteiger partial charge < -0.3 is 10.1 Å². The van der Waals surface area contributed by atoms with Crippen LogP contribution in [0.4, 0.5) is 5.13 Å². The zero-order valence-electron chi connectivity index (χ0n) is 18.1. The summed E-state index contributed by atoms with van der Waals surface area (Å²) in [6.07, 6.45) is 4.23. The van der Waals surface area contributed by atoms with Crippen molar-refractivity contribution in [2.24, 2.45) is 0 Å². The number of methoxy groups -OCH3 is 1. The highest BCUT2D eigenvalue weighted by Gasteiger charge is 2.32. The summed E-state index contributed by atoms with van der Waals surface area (Å²) in [6, 6.07) is 15.1. The monoisotopic (exact) mass is 529 g/mol. The Hall–Kier alpha value is -2.72. The first kappa shape index (κ1) is 24.4. The Bertz CT molecular complexity index is 1270. The molecule has 2 aromatic carbocycles. The third-order valence-electron chi connectivity index (χ3n) is 4.98. The number of para-hydroxylation sites is 1. The Kier molecular flexibility index (Phi) is 7.99. The Morgan fingerprint density at radius 3 is 2.79 bits per heavy atom. The summed E-state index contributed by atoms with van der Waals surface area (Å²) < 4.78 is 5.77. The second-order valence-electron chi connectivity index (χ2n) is 7.27. The number of thiocarbonyl (C=S) groups is 1. The minimum Gasteiger partial charge on any atom is -0.496 e. The molecule has 2 amide bonds. The lowest BCUT2D eigenvalue weighted by Crippen LogP contribution is -2.31. The van der Waals surface area contributed by atoms with E-state index in [1.807, 2.05) is 48.5 Å². The Morgan fingerprint density at radius 1 is 1.24 bits per heavy atom. The minimum absolute atomic E-state index is 0.105. The molecule has 1 aliphatic heterocycles. The molecule has 4 rings (SSSR count). The van der Waals surface area contributed by atoms with E-state index in [0.717, 1.165) is 16.0 Å². The number of aromatic nitrogens is 1. The molecule has 10 heteroatoms. The molecule has 34 heavy (non-hydrogen) atoms. The van der Waals surface area contributed by atoms with Crippen molar-refractivity contribution in [3.63, 3.8) is 0 Å². The number of rotatable bonds is 8. The number of hydrogen-bond acceptors (Lipinski definition) is 7. The summed E-state index contributed by atoms with van der Waals surface area (Å²) in [6.45, 7) is 0.192. The lowest BCUT2D eigenvalue weighted by atomic mass is 10.1. The van der Waals surface area contributed by atoms with Crippen molar-refractivity contribution in [3.05, 3.63) is 80.7 Å². The largest absolute Gasteiger partial charge is 0.496 e. The fourth-order valence-corrected chi connectivity index (χ4v) is 5.64. The predicted molar refractivity (Wildman–Crippen MR) is 142 cm³/mol. The quantitative estimate of drug-likeness (QED) is 0.301. The zero-order valence-corrected chi connectivity index (χ0v) is 21.3. The number of carbonyl (C=O) groups excluding carboxylic acids is 2. The van der Waals surface area contributed by atoms with E-state index < -0.39 is 0 Å². The standard InChI is InChI=1S/C24H20ClN3O3S3/c1-31-19-9-5-3-7-16(19)13-20-22(30)28(24(32)34-20)11-10-21(29)27-23-26-14-17(33-23)12-15-6-2-4-8-18(15)25/h2-9,13-14H,10-12H2,1H3,(H,26,27,29)/b20-13-. The van der Waals surface area contributed by atoms with Gasteiger partial charge in [0.2, 0.25) is 5.91 Å². The van der Waals surface area contributed by atoms with Gasteiger partial charge in [-0.15, -0.1) is 11.3 Å². The molecule has 0 unspecified atom stereocenters. The maximum Gasteiger partial charge on any atom is 0.266 e. The van der Waals surface area contributed by atoms with E-state index in [1.165, 1.54) is 28.0 Å². The highest BCUT2D eigenvalue weighted by Crippen LogP contribution is 2.34. The third kappa shape index (κ3) is 5.85. The van der Waals surface area contributed by atoms with E-state index in [4.69, 9.17) is 28.6 Å². The number of nitrogens with zero attached hydrogens (tertiary/aromatic N) is 2. The molecule has 0 aliphatic carbocycles. The zero-order chi connectivity index (χ0) is 24.1. The molecule has 1 saturated heterocycles. The van der Waals surface area contributed by atoms with E-state index in [2.05, 4.69) is 10.3 Å². The van der Waals surface area contributed by atoms with Gasteiger partial charge in [-0.2, -0.15) is 0 Å². The first-order valence-electron chi connectivity index (χ1n) is 10.3. The number of hydrogen-bond donors (Lipinski definition) is 1. The number of benzene rings is 2. The average molecular weight is 530 g/mol. The highest BCUT2D eigenvalue weighted by atomic mass is 35.5. The van der Waals surface area contributed by atoms with Crippen molar-refractivity contribution in [1.82, 2.24) is 9.88 Å². The van der Waals surface area contributed by atoms with Gasteiger partial charge in [-0.3, -0.25) is 14.5 Å². The van der Waals surface area contributed by atoms with Gasteiger partial charge in [0.05, 0.1) is 12.0 Å². The maximum absolute atomic E-state index is 12.9. The lowest BCUT2D eigenvalue weighted by Gasteiger charge is -2.13. The molecule has 1 aromatic heterocycles. The van der Waals surface area contributed by atoms with Gasteiger partial charge in [0.15, 0.2) is 5.13 Å². The molecular formula is C24H20ClN3O3S3. The summed E-state index contributed by atoms with van der Waals surface area (Å²) in [5.74, 6) is 0.218. The van der Waals surface area contributed by atoms with Crippen LogP contribution in [0.15, 0.2) is 59.6 Å². The van der Waals surface area contributed by atoms with E-state index in [9.17, 15) is 9.59 Å². The van der Waals surface area contributed by atoms with Gasteiger partial charge in [0.25, 0.3) is 5.91 Å². The topological polar surface area (TPSA) is 71.5 Å². The van der Waals surface area contributed by atoms with Crippen LogP contribution in [-0.4, -0.2) is 39.7 Å². The van der Waals surface area contributed by atoms with Gasteiger partial charge >= 0.3 is 0 Å². The second kappa shape index (κ2) is 11.1. The van der Waals surface area contributed by atoms with Crippen molar-refractivity contribution < 1.29 is 14.3 Å². The van der Waals surface area contributed by atoms with Crippen LogP contribution < -0.4 is 10.1 Å². The molecule has 0 saturated carbocycles. The number of amides is 2. The predicted octanol–water partition coefficient (Wildman–Crippen LogP) is 5.63. The summed E-state index contributed by atoms with van der Waals surface area (Å²) in [7, 11) is 1.58. The molecule has 0 radical (unpaired) electrons. The minimum atomic E-state index is -0.235. The summed E-state index contributed by atoms with van der Waals surface area (Å²) >= 11 is 14.2. The van der Waals surface area contributed by atoms with E-state index in [-0.39, 0.29) is 24.8 Å². The number of carbonyl (C=O) groups is 2. The maximum atomic E-state index is 12.9. The molecule has 6 nitrogen and oxygen atoms in total. The number of thiazole rings is 1. The Morgan fingerprint density at radius 2 is 2.00 bits per heavy atom. The van der Waals surface area contributed by atoms with Gasteiger partial charge in [-0.05, 0) is 23.8 Å². The third-order valence-corrected chi connectivity index (χ3v) is 7.64. The van der Waals surface area contributed by atoms with Gasteiger partial charge in [0, 0.05) is 41.0 Å². The molecule has 1 N–H and O–H groups in total. The van der Waals surface area contributed by atoms with E-state index in [1.54, 1.807) is 19.4 Å². The first-order chi connectivity index (χ1) is 16.4. The van der Waals surface area contributed by atoms with Crippen LogP contribution in [0.1, 0.15) is 22.4 Å². The Balaban J connectivity index is 1.33. The van der Waals surface area contributed by atoms with Crippen molar-refractivity contribution >= 4 is 74.3 Å². The Labute approximate surface area is 216 Å². The molecular weight excluding hydrogens is 510 g/mol. The van der Waals surface area contributed by atoms with Crippen LogP contribution in [-0.2, 0) is 16.0 Å². The van der Waals surface area contributed by atoms with E-state index in [0.29, 0.717) is 31.6 Å². The molecule has 1 fully saturated rings. The fraction of sp³-hybridized carbons (Fsp3) is 0.167. The van der Waals surface area contributed by atoms with Gasteiger partial charge in [-0.25, -0.2) is 4.98 Å². The number of halogens is 1. The molecule has 3 aromatic rings. The number of anilines is 1. The van der Waals surface area contributed by atoms with Gasteiger partial charge in [-0.1, -0.05) is 72.0 Å². The van der Waals surface area contributed by atoms with Crippen LogP contribution in [0.5, 0.6) is 5.75 Å². The fourth-order valence-electron chi connectivity index (χ4n) is 3.29. The highest BCUT2D eigenvalue weighted by molar-refractivity contribution is 8.26. The molecule has 2 heterocycles. The molecule has 0 spiro atoms. The summed E-state index contributed by atoms with van der Waals surface area (Å²) in [5.41, 5.74) is 1.79. The van der Waals surface area contributed by atoms with Crippen molar-refractivity contribution in [2.75, 3.05) is 19.0 Å². The normalized spacial score (nSPS) is 14.6. The molecule has 0 atom stereocenters. The van der Waals surface area contributed by atoms with Gasteiger partial charge in [0.1, 0.15) is 10.1 Å². The van der Waals surface area contributed by atoms with Crippen LogP contribution >= 0.6 is 46.9 Å². The smallest absolute Gasteiger partial charge is 0.266 e. The average Bonchev–Trinajstić information content (AvgIpc) is 3.37. The number of ether oxygens (including phenoxy) is 1. The van der Waals surface area contributed by atoms with Crippen LogP contribution in [0.2, 0.25) is 5.02 Å². The van der Waals surface area contributed by atoms with Crippen molar-refractivity contribution in [1.29, 1.82) is 0 Å². The second-order valence-corrected chi connectivity index (χ2v) is 10.5. The number of thioether (sulfide) groups is 1. The van der Waals surface area contributed by atoms with Crippen LogP contribution in [0, 0.1) is 0 Å². The molecule has 174 valence electrons. The summed E-state index contributed by atoms with van der Waals surface area (Å²) in [4.78, 5) is 32.5. The molecule has 1 aliphatic rings. The van der Waals surface area contributed by atoms with Crippen LogP contribution in [0.3, 0.4) is 0 Å². The summed E-state index contributed by atoms with van der Waals surface area (Å²) in [5, 5.41) is 4.01. The van der Waals surface area contributed by atoms with Crippen LogP contribution in [0.25, 0.3) is 6.08 Å². The first-order valence-corrected chi connectivity index (χ1v) is 12.7. The van der Waals surface area contributed by atoms with E-state index >= 15 is 0 Å². The SMILES string of the molecule is COc1ccccc1/C=C1\SC(=S)N(CCC(=O)Nc2ncc(Cc3ccccc3Cl)s2)C1=O. The van der Waals surface area contributed by atoms with Crippen molar-refractivity contribution in [2.45, 2.75) is 12.8 Å².